The molecular weight excluding hydrogens is 276 g/mol. The molecule has 1 aromatic rings. The van der Waals surface area contributed by atoms with Crippen molar-refractivity contribution in [2.24, 2.45) is 0 Å². The second-order valence-electron chi connectivity index (χ2n) is 6.66. The van der Waals surface area contributed by atoms with E-state index in [0.717, 1.165) is 38.0 Å². The molecule has 22 heavy (non-hydrogen) atoms. The van der Waals surface area contributed by atoms with Crippen LogP contribution in [0, 0.1) is 0 Å². The van der Waals surface area contributed by atoms with Crippen LogP contribution < -0.4 is 15.4 Å². The maximum Gasteiger partial charge on any atom is 0.217 e. The molecule has 1 aliphatic heterocycles. The number of ether oxygens (including phenoxy) is 1. The molecule has 120 valence electrons. The second-order valence-corrected chi connectivity index (χ2v) is 6.66. The van der Waals surface area contributed by atoms with Gasteiger partial charge in [0, 0.05) is 36.5 Å². The molecule has 1 amide bonds. The number of nitrogens with one attached hydrogen (secondary N) is 2. The fourth-order valence-electron chi connectivity index (χ4n) is 3.78. The van der Waals surface area contributed by atoms with Gasteiger partial charge in [0.05, 0.1) is 6.61 Å². The lowest BCUT2D eigenvalue weighted by Crippen LogP contribution is -2.45. The predicted molar refractivity (Wildman–Crippen MR) is 87.1 cm³/mol. The molecule has 1 aliphatic carbocycles. The van der Waals surface area contributed by atoms with E-state index in [1.54, 1.807) is 6.92 Å². The Hall–Kier alpha value is -1.55. The number of carbonyl (C=O) groups excluding carboxylic acids is 1. The SMILES string of the molecule is CC(=O)NC1CCC(N[C@H](C)[C@H]2COc3ccccc32)CC1. The Kier molecular flexibility index (Phi) is 4.67. The van der Waals surface area contributed by atoms with E-state index in [-0.39, 0.29) is 5.91 Å². The molecule has 1 saturated carbocycles. The first-order valence-corrected chi connectivity index (χ1v) is 8.38. The number of hydrogen-bond donors (Lipinski definition) is 2. The molecule has 1 aromatic carbocycles. The van der Waals surface area contributed by atoms with Crippen molar-refractivity contribution >= 4 is 5.91 Å². The average molecular weight is 302 g/mol. The van der Waals surface area contributed by atoms with Crippen LogP contribution in [0.15, 0.2) is 24.3 Å². The van der Waals surface area contributed by atoms with Crippen molar-refractivity contribution in [3.05, 3.63) is 29.8 Å². The third-order valence-corrected chi connectivity index (χ3v) is 4.97. The van der Waals surface area contributed by atoms with Crippen LogP contribution in [0.1, 0.15) is 51.0 Å². The molecule has 0 spiro atoms. The topological polar surface area (TPSA) is 50.4 Å². The third-order valence-electron chi connectivity index (χ3n) is 4.97. The van der Waals surface area contributed by atoms with Gasteiger partial charge >= 0.3 is 0 Å². The maximum absolute atomic E-state index is 11.1. The molecule has 4 heteroatoms. The van der Waals surface area contributed by atoms with Crippen molar-refractivity contribution in [1.29, 1.82) is 0 Å². The first-order valence-electron chi connectivity index (χ1n) is 8.38. The zero-order chi connectivity index (χ0) is 15.5. The van der Waals surface area contributed by atoms with Gasteiger partial charge in [-0.05, 0) is 38.7 Å². The van der Waals surface area contributed by atoms with Gasteiger partial charge in [-0.25, -0.2) is 0 Å². The Labute approximate surface area is 132 Å². The molecule has 1 heterocycles. The highest BCUT2D eigenvalue weighted by Gasteiger charge is 2.31. The van der Waals surface area contributed by atoms with Gasteiger partial charge in [-0.1, -0.05) is 18.2 Å². The Bertz CT molecular complexity index is 524. The van der Waals surface area contributed by atoms with Crippen LogP contribution in [0.5, 0.6) is 5.75 Å². The Morgan fingerprint density at radius 3 is 2.59 bits per heavy atom. The van der Waals surface area contributed by atoms with E-state index in [9.17, 15) is 4.79 Å². The molecule has 0 bridgehead atoms. The fraction of sp³-hybridized carbons (Fsp3) is 0.611. The summed E-state index contributed by atoms with van der Waals surface area (Å²) in [5, 5.41) is 6.82. The van der Waals surface area contributed by atoms with Gasteiger partial charge in [0.1, 0.15) is 5.75 Å². The van der Waals surface area contributed by atoms with E-state index >= 15 is 0 Å². The molecule has 0 saturated heterocycles. The van der Waals surface area contributed by atoms with Crippen LogP contribution >= 0.6 is 0 Å². The second kappa shape index (κ2) is 6.69. The highest BCUT2D eigenvalue weighted by atomic mass is 16.5. The number of rotatable bonds is 4. The van der Waals surface area contributed by atoms with Gasteiger partial charge in [-0.15, -0.1) is 0 Å². The maximum atomic E-state index is 11.1. The Balaban J connectivity index is 1.51. The Morgan fingerprint density at radius 1 is 1.18 bits per heavy atom. The first-order chi connectivity index (χ1) is 10.6. The highest BCUT2D eigenvalue weighted by molar-refractivity contribution is 5.73. The van der Waals surface area contributed by atoms with Gasteiger partial charge in [-0.2, -0.15) is 0 Å². The van der Waals surface area contributed by atoms with Crippen LogP contribution in [0.4, 0.5) is 0 Å². The van der Waals surface area contributed by atoms with E-state index in [2.05, 4.69) is 35.8 Å². The number of para-hydroxylation sites is 1. The molecule has 0 unspecified atom stereocenters. The lowest BCUT2D eigenvalue weighted by Gasteiger charge is -2.33. The third kappa shape index (κ3) is 3.43. The van der Waals surface area contributed by atoms with E-state index in [1.807, 2.05) is 6.07 Å². The van der Waals surface area contributed by atoms with Crippen LogP contribution in [0.3, 0.4) is 0 Å². The normalized spacial score (nSPS) is 28.5. The number of benzene rings is 1. The largest absolute Gasteiger partial charge is 0.493 e. The van der Waals surface area contributed by atoms with Gasteiger partial charge in [0.2, 0.25) is 5.91 Å². The smallest absolute Gasteiger partial charge is 0.217 e. The van der Waals surface area contributed by atoms with Crippen LogP contribution in [0.2, 0.25) is 0 Å². The van der Waals surface area contributed by atoms with Crippen LogP contribution in [-0.2, 0) is 4.79 Å². The number of fused-ring (bicyclic) bond motifs is 1. The number of amides is 1. The van der Waals surface area contributed by atoms with Crippen molar-refractivity contribution in [1.82, 2.24) is 10.6 Å². The first kappa shape index (κ1) is 15.3. The summed E-state index contributed by atoms with van der Waals surface area (Å²) in [7, 11) is 0. The fourth-order valence-corrected chi connectivity index (χ4v) is 3.78. The van der Waals surface area contributed by atoms with E-state index in [0.29, 0.717) is 24.0 Å². The van der Waals surface area contributed by atoms with Gasteiger partial charge < -0.3 is 15.4 Å². The van der Waals surface area contributed by atoms with Crippen molar-refractivity contribution in [3.63, 3.8) is 0 Å². The van der Waals surface area contributed by atoms with Crippen molar-refractivity contribution in [2.45, 2.75) is 63.6 Å². The van der Waals surface area contributed by atoms with Crippen LogP contribution in [0.25, 0.3) is 0 Å². The van der Waals surface area contributed by atoms with Crippen molar-refractivity contribution < 1.29 is 9.53 Å². The van der Waals surface area contributed by atoms with Gasteiger partial charge in [-0.3, -0.25) is 4.79 Å². The minimum absolute atomic E-state index is 0.0875. The molecule has 1 fully saturated rings. The lowest BCUT2D eigenvalue weighted by atomic mass is 9.88. The quantitative estimate of drug-likeness (QED) is 0.899. The summed E-state index contributed by atoms with van der Waals surface area (Å²) in [5.41, 5.74) is 1.33. The van der Waals surface area contributed by atoms with Crippen LogP contribution in [-0.4, -0.2) is 30.6 Å². The molecule has 3 rings (SSSR count). The lowest BCUT2D eigenvalue weighted by molar-refractivity contribution is -0.119. The minimum Gasteiger partial charge on any atom is -0.493 e. The minimum atomic E-state index is 0.0875. The monoisotopic (exact) mass is 302 g/mol. The molecule has 0 radical (unpaired) electrons. The molecule has 4 nitrogen and oxygen atoms in total. The van der Waals surface area contributed by atoms with Crippen molar-refractivity contribution in [3.8, 4) is 5.75 Å². The summed E-state index contributed by atoms with van der Waals surface area (Å²) in [4.78, 5) is 11.1. The van der Waals surface area contributed by atoms with Gasteiger partial charge in [0.25, 0.3) is 0 Å². The molecular formula is C18H26N2O2. The number of hydrogen-bond acceptors (Lipinski definition) is 3. The highest BCUT2D eigenvalue weighted by Crippen LogP contribution is 2.36. The predicted octanol–water partition coefficient (Wildman–Crippen LogP) is 2.59. The zero-order valence-corrected chi connectivity index (χ0v) is 13.5. The van der Waals surface area contributed by atoms with Crippen molar-refractivity contribution in [2.75, 3.05) is 6.61 Å². The van der Waals surface area contributed by atoms with E-state index in [1.165, 1.54) is 5.56 Å². The molecule has 2 atom stereocenters. The average Bonchev–Trinajstić information content (AvgIpc) is 2.93. The van der Waals surface area contributed by atoms with Gasteiger partial charge in [0.15, 0.2) is 0 Å². The Morgan fingerprint density at radius 2 is 1.86 bits per heavy atom. The molecule has 2 aliphatic rings. The van der Waals surface area contributed by atoms with E-state index < -0.39 is 0 Å². The van der Waals surface area contributed by atoms with E-state index in [4.69, 9.17) is 4.74 Å². The summed E-state index contributed by atoms with van der Waals surface area (Å²) in [6, 6.07) is 9.67. The summed E-state index contributed by atoms with van der Waals surface area (Å²) < 4.78 is 5.79. The molecule has 0 aromatic heterocycles. The summed E-state index contributed by atoms with van der Waals surface area (Å²) in [5.74, 6) is 1.56. The number of carbonyl (C=O) groups is 1. The summed E-state index contributed by atoms with van der Waals surface area (Å²) >= 11 is 0. The summed E-state index contributed by atoms with van der Waals surface area (Å²) in [6.07, 6.45) is 4.40. The summed E-state index contributed by atoms with van der Waals surface area (Å²) in [6.45, 7) is 4.63. The molecule has 2 N–H and O–H groups in total. The standard InChI is InChI=1S/C18H26N2O2/c1-12(17-11-22-18-6-4-3-5-16(17)18)19-14-7-9-15(10-8-14)20-13(2)21/h3-6,12,14-15,17,19H,7-11H2,1-2H3,(H,20,21)/t12-,14?,15?,17-/m1/s1. The zero-order valence-electron chi connectivity index (χ0n) is 13.5.